The van der Waals surface area contributed by atoms with Crippen LogP contribution in [-0.2, 0) is 38.0 Å². The van der Waals surface area contributed by atoms with E-state index in [2.05, 4.69) is 26.0 Å². The van der Waals surface area contributed by atoms with Crippen LogP contribution in [0.3, 0.4) is 0 Å². The fourth-order valence-electron chi connectivity index (χ4n) is 8.92. The summed E-state index contributed by atoms with van der Waals surface area (Å²) in [4.78, 5) is 25.8. The highest BCUT2D eigenvalue weighted by molar-refractivity contribution is 5.70. The number of allylic oxidation sites excluding steroid dienone is 2. The Kier molecular flexibility index (Phi) is 38.3. The van der Waals surface area contributed by atoms with Crippen LogP contribution in [0.4, 0.5) is 0 Å². The van der Waals surface area contributed by atoms with E-state index >= 15 is 0 Å². The topological polar surface area (TPSA) is 231 Å². The summed E-state index contributed by atoms with van der Waals surface area (Å²) in [6.07, 6.45) is 25.3. The fraction of sp³-hybridized carbons (Fsp3) is 0.926. The molecule has 2 aliphatic heterocycles. The highest BCUT2D eigenvalue weighted by Crippen LogP contribution is 2.27. The molecule has 7 N–H and O–H groups in total. The number of aliphatic hydroxyl groups is 7. The zero-order chi connectivity index (χ0) is 50.3. The first-order valence-corrected chi connectivity index (χ1v) is 27.8. The van der Waals surface area contributed by atoms with E-state index in [0.29, 0.717) is 12.8 Å². The van der Waals surface area contributed by atoms with Crippen molar-refractivity contribution in [1.82, 2.24) is 0 Å². The monoisotopic (exact) mass is 989 g/mol. The van der Waals surface area contributed by atoms with Gasteiger partial charge in [-0.15, -0.1) is 0 Å². The zero-order valence-electron chi connectivity index (χ0n) is 43.1. The second-order valence-corrected chi connectivity index (χ2v) is 19.8. The van der Waals surface area contributed by atoms with Crippen LogP contribution in [0.2, 0.25) is 0 Å². The Bertz CT molecular complexity index is 1250. The summed E-state index contributed by atoms with van der Waals surface area (Å²) in [5, 5.41) is 72.1. The quantitative estimate of drug-likeness (QED) is 0.0172. The van der Waals surface area contributed by atoms with Crippen LogP contribution in [-0.4, -0.2) is 142 Å². The van der Waals surface area contributed by atoms with Gasteiger partial charge in [-0.25, -0.2) is 0 Å². The molecule has 0 aromatic carbocycles. The van der Waals surface area contributed by atoms with Gasteiger partial charge in [0.05, 0.1) is 19.8 Å². The van der Waals surface area contributed by atoms with Crippen molar-refractivity contribution in [2.45, 2.75) is 293 Å². The van der Waals surface area contributed by atoms with Gasteiger partial charge in [0.25, 0.3) is 0 Å². The molecule has 2 saturated heterocycles. The van der Waals surface area contributed by atoms with Gasteiger partial charge in [-0.2, -0.15) is 0 Å². The molecule has 15 heteroatoms. The molecule has 406 valence electrons. The van der Waals surface area contributed by atoms with Crippen LogP contribution in [0.15, 0.2) is 12.2 Å². The molecular formula is C54H100O15. The fourth-order valence-corrected chi connectivity index (χ4v) is 8.92. The summed E-state index contributed by atoms with van der Waals surface area (Å²) in [5.41, 5.74) is 0. The summed E-state index contributed by atoms with van der Waals surface area (Å²) in [5.74, 6) is -0.914. The third-order valence-corrected chi connectivity index (χ3v) is 13.5. The predicted molar refractivity (Wildman–Crippen MR) is 266 cm³/mol. The number of ether oxygens (including phenoxy) is 6. The average Bonchev–Trinajstić information content (AvgIpc) is 3.34. The first-order chi connectivity index (χ1) is 33.5. The lowest BCUT2D eigenvalue weighted by molar-refractivity contribution is -0.332. The molecule has 0 radical (unpaired) electrons. The number of hydrogen-bond donors (Lipinski definition) is 7. The van der Waals surface area contributed by atoms with Crippen molar-refractivity contribution in [2.75, 3.05) is 26.4 Å². The van der Waals surface area contributed by atoms with Gasteiger partial charge < -0.3 is 64.2 Å². The van der Waals surface area contributed by atoms with E-state index in [4.69, 9.17) is 28.4 Å². The number of carbonyl (C=O) groups is 2. The molecule has 4 unspecified atom stereocenters. The van der Waals surface area contributed by atoms with Crippen molar-refractivity contribution >= 4 is 11.9 Å². The Morgan fingerprint density at radius 2 is 0.826 bits per heavy atom. The molecule has 0 aromatic heterocycles. The van der Waals surface area contributed by atoms with Gasteiger partial charge in [0.1, 0.15) is 55.4 Å². The second-order valence-electron chi connectivity index (χ2n) is 19.8. The molecule has 0 bridgehead atoms. The van der Waals surface area contributed by atoms with E-state index in [1.165, 1.54) is 148 Å². The Morgan fingerprint density at radius 1 is 0.449 bits per heavy atom. The normalized spacial score (nSPS) is 25.6. The van der Waals surface area contributed by atoms with Gasteiger partial charge in [-0.1, -0.05) is 187 Å². The highest BCUT2D eigenvalue weighted by Gasteiger charge is 2.47. The number of hydrogen-bond acceptors (Lipinski definition) is 15. The summed E-state index contributed by atoms with van der Waals surface area (Å²) in [6, 6.07) is 0. The maximum Gasteiger partial charge on any atom is 0.306 e. The summed E-state index contributed by atoms with van der Waals surface area (Å²) >= 11 is 0. The third kappa shape index (κ3) is 29.5. The molecule has 11 atom stereocenters. The molecule has 0 aliphatic carbocycles. The van der Waals surface area contributed by atoms with Gasteiger partial charge in [-0.3, -0.25) is 9.59 Å². The minimum atomic E-state index is -1.76. The smallest absolute Gasteiger partial charge is 0.306 e. The molecule has 2 heterocycles. The molecule has 2 aliphatic rings. The predicted octanol–water partition coefficient (Wildman–Crippen LogP) is 8.55. The number of unbranched alkanes of at least 4 members (excludes halogenated alkanes) is 28. The van der Waals surface area contributed by atoms with Gasteiger partial charge in [0, 0.05) is 12.8 Å². The van der Waals surface area contributed by atoms with E-state index in [1.54, 1.807) is 0 Å². The van der Waals surface area contributed by atoms with E-state index in [1.807, 2.05) is 0 Å². The Morgan fingerprint density at radius 3 is 1.28 bits per heavy atom. The average molecular weight is 989 g/mol. The van der Waals surface area contributed by atoms with Crippen LogP contribution in [0.5, 0.6) is 0 Å². The van der Waals surface area contributed by atoms with Crippen molar-refractivity contribution in [3.8, 4) is 0 Å². The Hall–Kier alpha value is -1.76. The van der Waals surface area contributed by atoms with E-state index in [9.17, 15) is 45.3 Å². The Balaban J connectivity index is 1.74. The minimum Gasteiger partial charge on any atom is -0.462 e. The first kappa shape index (κ1) is 63.4. The lowest BCUT2D eigenvalue weighted by Crippen LogP contribution is -2.61. The van der Waals surface area contributed by atoms with Crippen LogP contribution in [0, 0.1) is 0 Å². The highest BCUT2D eigenvalue weighted by atomic mass is 16.7. The van der Waals surface area contributed by atoms with E-state index in [-0.39, 0.29) is 26.1 Å². The van der Waals surface area contributed by atoms with Crippen molar-refractivity contribution in [3.63, 3.8) is 0 Å². The number of rotatable bonds is 44. The molecule has 15 nitrogen and oxygen atoms in total. The SMILES string of the molecule is CCCCCCCC/C=C/CCCCCCCCCCCCCC(=O)OC[C@@H](CO[C@@H]1O[C@H](CO[C@@H]2O[C@H](CO)[C@H](O)C(O)C2O)[C@H](O)C(O)C1O)OC(=O)CCCCCCCCCCCCCC. The van der Waals surface area contributed by atoms with Crippen molar-refractivity contribution in [1.29, 1.82) is 0 Å². The van der Waals surface area contributed by atoms with Crippen LogP contribution >= 0.6 is 0 Å². The number of carbonyl (C=O) groups excluding carboxylic acids is 2. The van der Waals surface area contributed by atoms with Crippen LogP contribution < -0.4 is 0 Å². The molecular weight excluding hydrogens is 889 g/mol. The van der Waals surface area contributed by atoms with Crippen molar-refractivity contribution < 1.29 is 73.8 Å². The molecule has 0 aromatic rings. The van der Waals surface area contributed by atoms with E-state index in [0.717, 1.165) is 38.5 Å². The summed E-state index contributed by atoms with van der Waals surface area (Å²) < 4.78 is 33.6. The standard InChI is InChI=1S/C54H100O15/c1-3-5-7-9-11-13-15-17-18-19-20-21-22-23-24-25-27-28-30-32-34-36-45(56)64-39-42(67-46(57)37-35-33-31-29-26-16-14-12-10-8-6-4-2)40-65-53-52(63)50(61)48(59)44(69-53)41-66-54-51(62)49(60)47(58)43(38-55)68-54/h17-18,42-44,47-55,58-63H,3-16,19-41H2,1-2H3/b18-17+/t42-,43+,44+,47-,48-,49?,50?,51?,52?,53+,54+/m0/s1. The van der Waals surface area contributed by atoms with Gasteiger partial charge in [-0.05, 0) is 38.5 Å². The molecule has 2 fully saturated rings. The molecule has 0 amide bonds. The summed E-state index contributed by atoms with van der Waals surface area (Å²) in [6.45, 7) is 2.61. The first-order valence-electron chi connectivity index (χ1n) is 27.8. The number of aliphatic hydroxyl groups excluding tert-OH is 7. The Labute approximate surface area is 416 Å². The van der Waals surface area contributed by atoms with Crippen molar-refractivity contribution in [2.24, 2.45) is 0 Å². The lowest BCUT2D eigenvalue weighted by atomic mass is 9.98. The molecule has 0 spiro atoms. The lowest BCUT2D eigenvalue weighted by Gasteiger charge is -2.42. The third-order valence-electron chi connectivity index (χ3n) is 13.5. The number of esters is 2. The minimum absolute atomic E-state index is 0.171. The second kappa shape index (κ2) is 41.7. The molecule has 0 saturated carbocycles. The van der Waals surface area contributed by atoms with Gasteiger partial charge in [0.2, 0.25) is 0 Å². The van der Waals surface area contributed by atoms with Crippen LogP contribution in [0.1, 0.15) is 226 Å². The molecule has 2 rings (SSSR count). The van der Waals surface area contributed by atoms with Gasteiger partial charge in [0.15, 0.2) is 18.7 Å². The maximum atomic E-state index is 13.0. The van der Waals surface area contributed by atoms with Gasteiger partial charge >= 0.3 is 11.9 Å². The maximum absolute atomic E-state index is 13.0. The molecule has 69 heavy (non-hydrogen) atoms. The largest absolute Gasteiger partial charge is 0.462 e. The summed E-state index contributed by atoms with van der Waals surface area (Å²) in [7, 11) is 0. The van der Waals surface area contributed by atoms with Crippen LogP contribution in [0.25, 0.3) is 0 Å². The van der Waals surface area contributed by atoms with Crippen molar-refractivity contribution in [3.05, 3.63) is 12.2 Å². The zero-order valence-corrected chi connectivity index (χ0v) is 43.1. The van der Waals surface area contributed by atoms with E-state index < -0.39 is 92.7 Å².